The molecule has 0 atom stereocenters. The summed E-state index contributed by atoms with van der Waals surface area (Å²) in [5, 5.41) is 3.38. The van der Waals surface area contributed by atoms with Crippen LogP contribution in [0.5, 0.6) is 0 Å². The summed E-state index contributed by atoms with van der Waals surface area (Å²) in [5.74, 6) is 4.58. The fourth-order valence-electron chi connectivity index (χ4n) is 1.27. The lowest BCUT2D eigenvalue weighted by molar-refractivity contribution is -0.141. The molecule has 1 aromatic heterocycles. The topological polar surface area (TPSA) is 72.9 Å². The highest BCUT2D eigenvalue weighted by Gasteiger charge is 2.33. The Morgan fingerprint density at radius 1 is 1.47 bits per heavy atom. The number of rotatable bonds is 5. The molecule has 0 radical (unpaired) electrons. The Labute approximate surface area is 95.7 Å². The molecule has 0 bridgehead atoms. The van der Waals surface area contributed by atoms with Crippen molar-refractivity contribution in [3.05, 3.63) is 18.0 Å². The molecule has 1 aromatic rings. The molecule has 0 saturated heterocycles. The minimum atomic E-state index is -4.41. The molecule has 96 valence electrons. The number of unbranched alkanes of at least 4 members (excludes halogenated alkanes) is 1. The van der Waals surface area contributed by atoms with Crippen LogP contribution in [-0.4, -0.2) is 15.7 Å². The second kappa shape index (κ2) is 5.67. The fraction of sp³-hybridized carbons (Fsp3) is 0.556. The second-order valence-corrected chi connectivity index (χ2v) is 3.49. The number of halogens is 3. The van der Waals surface area contributed by atoms with Crippen molar-refractivity contribution in [2.45, 2.75) is 32.0 Å². The zero-order valence-corrected chi connectivity index (χ0v) is 9.00. The molecular formula is C9H13F3N4O. The number of aromatic nitrogens is 2. The van der Waals surface area contributed by atoms with Crippen LogP contribution in [0.3, 0.4) is 0 Å². The largest absolute Gasteiger partial charge is 0.435 e. The number of alkyl halides is 3. The van der Waals surface area contributed by atoms with Crippen LogP contribution >= 0.6 is 0 Å². The number of nitrogens with zero attached hydrogens (tertiary/aromatic N) is 2. The maximum Gasteiger partial charge on any atom is 0.435 e. The van der Waals surface area contributed by atoms with Crippen molar-refractivity contribution >= 4 is 5.91 Å². The molecule has 0 saturated carbocycles. The number of hydrazine groups is 1. The first-order chi connectivity index (χ1) is 7.93. The third kappa shape index (κ3) is 4.43. The molecule has 1 rings (SSSR count). The zero-order chi connectivity index (χ0) is 12.9. The van der Waals surface area contributed by atoms with Gasteiger partial charge in [0.05, 0.1) is 0 Å². The Hall–Kier alpha value is -1.57. The van der Waals surface area contributed by atoms with Crippen molar-refractivity contribution in [2.75, 3.05) is 0 Å². The second-order valence-electron chi connectivity index (χ2n) is 3.49. The zero-order valence-electron chi connectivity index (χ0n) is 9.00. The molecule has 8 heteroatoms. The van der Waals surface area contributed by atoms with E-state index in [1.165, 1.54) is 10.9 Å². The minimum Gasteiger partial charge on any atom is -0.294 e. The predicted molar refractivity (Wildman–Crippen MR) is 53.4 cm³/mol. The van der Waals surface area contributed by atoms with Gasteiger partial charge in [-0.2, -0.15) is 18.3 Å². The van der Waals surface area contributed by atoms with E-state index >= 15 is 0 Å². The summed E-state index contributed by atoms with van der Waals surface area (Å²) in [7, 11) is 0. The highest BCUT2D eigenvalue weighted by atomic mass is 19.4. The highest BCUT2D eigenvalue weighted by molar-refractivity contribution is 5.74. The van der Waals surface area contributed by atoms with E-state index in [0.29, 0.717) is 19.4 Å². The Balaban J connectivity index is 2.33. The van der Waals surface area contributed by atoms with Gasteiger partial charge in [-0.05, 0) is 18.9 Å². The predicted octanol–water partition coefficient (Wildman–Crippen LogP) is 1.06. The molecular weight excluding hydrogens is 237 g/mol. The van der Waals surface area contributed by atoms with Crippen molar-refractivity contribution in [2.24, 2.45) is 5.84 Å². The van der Waals surface area contributed by atoms with E-state index in [0.717, 1.165) is 6.07 Å². The van der Waals surface area contributed by atoms with Crippen LogP contribution < -0.4 is 11.3 Å². The van der Waals surface area contributed by atoms with Crippen molar-refractivity contribution < 1.29 is 18.0 Å². The molecule has 0 aliphatic heterocycles. The van der Waals surface area contributed by atoms with Gasteiger partial charge in [0.15, 0.2) is 5.69 Å². The molecule has 0 aromatic carbocycles. The van der Waals surface area contributed by atoms with Crippen LogP contribution in [0, 0.1) is 0 Å². The summed E-state index contributed by atoms with van der Waals surface area (Å²) in [6, 6.07) is 0.923. The van der Waals surface area contributed by atoms with E-state index in [2.05, 4.69) is 5.10 Å². The average Bonchev–Trinajstić information content (AvgIpc) is 2.72. The number of carbonyl (C=O) groups excluding carboxylic acids is 1. The van der Waals surface area contributed by atoms with Crippen molar-refractivity contribution in [3.8, 4) is 0 Å². The Bertz CT molecular complexity index is 375. The molecule has 0 aliphatic rings. The van der Waals surface area contributed by atoms with Gasteiger partial charge in [0.1, 0.15) is 0 Å². The first-order valence-corrected chi connectivity index (χ1v) is 5.03. The van der Waals surface area contributed by atoms with E-state index in [9.17, 15) is 18.0 Å². The molecule has 1 amide bonds. The highest BCUT2D eigenvalue weighted by Crippen LogP contribution is 2.27. The third-order valence-electron chi connectivity index (χ3n) is 2.13. The summed E-state index contributed by atoms with van der Waals surface area (Å²) >= 11 is 0. The summed E-state index contributed by atoms with van der Waals surface area (Å²) < 4.78 is 37.8. The van der Waals surface area contributed by atoms with Gasteiger partial charge in [-0.25, -0.2) is 5.84 Å². The molecule has 17 heavy (non-hydrogen) atoms. The normalized spacial score (nSPS) is 11.5. The first-order valence-electron chi connectivity index (χ1n) is 5.03. The Kier molecular flexibility index (Phi) is 4.50. The smallest absolute Gasteiger partial charge is 0.294 e. The Morgan fingerprint density at radius 2 is 2.18 bits per heavy atom. The number of hydrogen-bond donors (Lipinski definition) is 2. The van der Waals surface area contributed by atoms with Gasteiger partial charge in [0, 0.05) is 19.2 Å². The number of amides is 1. The van der Waals surface area contributed by atoms with Gasteiger partial charge in [0.2, 0.25) is 5.91 Å². The van der Waals surface area contributed by atoms with Crippen molar-refractivity contribution in [1.29, 1.82) is 0 Å². The van der Waals surface area contributed by atoms with E-state index in [4.69, 9.17) is 5.84 Å². The number of nitrogens with one attached hydrogen (secondary N) is 1. The monoisotopic (exact) mass is 250 g/mol. The SMILES string of the molecule is NNC(=O)CCCCn1ccc(C(F)(F)F)n1. The Morgan fingerprint density at radius 3 is 2.71 bits per heavy atom. The number of hydrogen-bond acceptors (Lipinski definition) is 3. The molecule has 0 fully saturated rings. The molecule has 0 unspecified atom stereocenters. The first kappa shape index (κ1) is 13.5. The molecule has 5 nitrogen and oxygen atoms in total. The van der Waals surface area contributed by atoms with Gasteiger partial charge in [-0.15, -0.1) is 0 Å². The summed E-state index contributed by atoms with van der Waals surface area (Å²) in [5.41, 5.74) is 1.07. The molecule has 3 N–H and O–H groups in total. The van der Waals surface area contributed by atoms with Gasteiger partial charge >= 0.3 is 6.18 Å². The van der Waals surface area contributed by atoms with Gasteiger partial charge in [-0.3, -0.25) is 14.9 Å². The van der Waals surface area contributed by atoms with Crippen LogP contribution in [0.2, 0.25) is 0 Å². The number of aryl methyl sites for hydroxylation is 1. The molecule has 0 aliphatic carbocycles. The lowest BCUT2D eigenvalue weighted by Gasteiger charge is -2.03. The quantitative estimate of drug-likeness (QED) is 0.355. The fourth-order valence-corrected chi connectivity index (χ4v) is 1.27. The van der Waals surface area contributed by atoms with E-state index < -0.39 is 11.9 Å². The van der Waals surface area contributed by atoms with Gasteiger partial charge in [0.25, 0.3) is 0 Å². The van der Waals surface area contributed by atoms with E-state index in [1.807, 2.05) is 5.43 Å². The van der Waals surface area contributed by atoms with Crippen molar-refractivity contribution in [1.82, 2.24) is 15.2 Å². The summed E-state index contributed by atoms with van der Waals surface area (Å²) in [6.07, 6.45) is -1.78. The summed E-state index contributed by atoms with van der Waals surface area (Å²) in [6.45, 7) is 0.341. The van der Waals surface area contributed by atoms with Crippen LogP contribution in [0.4, 0.5) is 13.2 Å². The summed E-state index contributed by atoms with van der Waals surface area (Å²) in [4.78, 5) is 10.8. The van der Waals surface area contributed by atoms with Crippen LogP contribution in [0.25, 0.3) is 0 Å². The minimum absolute atomic E-state index is 0.254. The van der Waals surface area contributed by atoms with Crippen LogP contribution in [0.1, 0.15) is 25.0 Å². The standard InChI is InChI=1S/C9H13F3N4O/c10-9(11,12)7-4-6-16(15-7)5-2-1-3-8(17)14-13/h4,6H,1-3,5,13H2,(H,14,17). The third-order valence-corrected chi connectivity index (χ3v) is 2.13. The van der Waals surface area contributed by atoms with Crippen LogP contribution in [0.15, 0.2) is 12.3 Å². The van der Waals surface area contributed by atoms with Gasteiger partial charge in [-0.1, -0.05) is 0 Å². The molecule has 1 heterocycles. The lowest BCUT2D eigenvalue weighted by Crippen LogP contribution is -2.29. The molecule has 0 spiro atoms. The maximum absolute atomic E-state index is 12.2. The van der Waals surface area contributed by atoms with Gasteiger partial charge < -0.3 is 0 Å². The van der Waals surface area contributed by atoms with E-state index in [-0.39, 0.29) is 12.3 Å². The lowest BCUT2D eigenvalue weighted by atomic mass is 10.2. The van der Waals surface area contributed by atoms with Crippen LogP contribution in [-0.2, 0) is 17.5 Å². The van der Waals surface area contributed by atoms with Crippen molar-refractivity contribution in [3.63, 3.8) is 0 Å². The number of nitrogens with two attached hydrogens (primary N) is 1. The van der Waals surface area contributed by atoms with E-state index in [1.54, 1.807) is 0 Å². The number of carbonyl (C=O) groups is 1. The average molecular weight is 250 g/mol. The maximum atomic E-state index is 12.2.